The van der Waals surface area contributed by atoms with Crippen molar-refractivity contribution in [2.75, 3.05) is 26.2 Å². The van der Waals surface area contributed by atoms with E-state index in [9.17, 15) is 5.11 Å². The first-order valence-electron chi connectivity index (χ1n) is 7.72. The molecule has 0 saturated carbocycles. The van der Waals surface area contributed by atoms with Crippen LogP contribution in [0.25, 0.3) is 0 Å². The van der Waals surface area contributed by atoms with Gasteiger partial charge in [0, 0.05) is 19.6 Å². The third-order valence-corrected chi connectivity index (χ3v) is 3.66. The SMILES string of the molecule is Cc1ccc(COC[C@@H](O)CN2C[C@@H](C)O[C@@H](C)C2)cc1. The summed E-state index contributed by atoms with van der Waals surface area (Å²) in [5.74, 6) is 0. The van der Waals surface area contributed by atoms with Crippen molar-refractivity contribution in [3.8, 4) is 0 Å². The van der Waals surface area contributed by atoms with Crippen molar-refractivity contribution < 1.29 is 14.6 Å². The Morgan fingerprint density at radius 3 is 2.48 bits per heavy atom. The first kappa shape index (κ1) is 16.4. The van der Waals surface area contributed by atoms with Gasteiger partial charge in [-0.1, -0.05) is 29.8 Å². The summed E-state index contributed by atoms with van der Waals surface area (Å²) >= 11 is 0. The van der Waals surface area contributed by atoms with Crippen LogP contribution < -0.4 is 0 Å². The maximum atomic E-state index is 10.1. The van der Waals surface area contributed by atoms with Gasteiger partial charge in [-0.3, -0.25) is 4.90 Å². The zero-order chi connectivity index (χ0) is 15.2. The van der Waals surface area contributed by atoms with Crippen molar-refractivity contribution in [3.63, 3.8) is 0 Å². The molecule has 1 aromatic rings. The summed E-state index contributed by atoms with van der Waals surface area (Å²) in [4.78, 5) is 2.25. The van der Waals surface area contributed by atoms with Crippen molar-refractivity contribution in [1.29, 1.82) is 0 Å². The van der Waals surface area contributed by atoms with E-state index >= 15 is 0 Å². The summed E-state index contributed by atoms with van der Waals surface area (Å²) in [7, 11) is 0. The number of aryl methyl sites for hydroxylation is 1. The van der Waals surface area contributed by atoms with E-state index < -0.39 is 6.10 Å². The zero-order valence-corrected chi connectivity index (χ0v) is 13.3. The Morgan fingerprint density at radius 1 is 1.24 bits per heavy atom. The number of benzene rings is 1. The van der Waals surface area contributed by atoms with Crippen LogP contribution in [0.15, 0.2) is 24.3 Å². The Labute approximate surface area is 127 Å². The van der Waals surface area contributed by atoms with E-state index in [-0.39, 0.29) is 12.2 Å². The van der Waals surface area contributed by atoms with Gasteiger partial charge in [0.25, 0.3) is 0 Å². The Kier molecular flexibility index (Phi) is 6.18. The Hall–Kier alpha value is -0.940. The molecule has 4 heteroatoms. The first-order valence-corrected chi connectivity index (χ1v) is 7.72. The second-order valence-electron chi connectivity index (χ2n) is 6.13. The van der Waals surface area contributed by atoms with Gasteiger partial charge in [0.15, 0.2) is 0 Å². The molecule has 0 bridgehead atoms. The molecule has 21 heavy (non-hydrogen) atoms. The van der Waals surface area contributed by atoms with Crippen molar-refractivity contribution in [2.45, 2.75) is 45.7 Å². The van der Waals surface area contributed by atoms with E-state index in [1.807, 2.05) is 0 Å². The van der Waals surface area contributed by atoms with Gasteiger partial charge in [-0.2, -0.15) is 0 Å². The number of hydrogen-bond donors (Lipinski definition) is 1. The summed E-state index contributed by atoms with van der Waals surface area (Å²) in [5, 5.41) is 10.1. The Balaban J connectivity index is 1.67. The molecule has 3 atom stereocenters. The average molecular weight is 293 g/mol. The molecule has 1 heterocycles. The monoisotopic (exact) mass is 293 g/mol. The van der Waals surface area contributed by atoms with Crippen molar-refractivity contribution >= 4 is 0 Å². The lowest BCUT2D eigenvalue weighted by molar-refractivity contribution is -0.0826. The molecule has 0 spiro atoms. The summed E-state index contributed by atoms with van der Waals surface area (Å²) in [6, 6.07) is 8.28. The van der Waals surface area contributed by atoms with Crippen LogP contribution in [0.4, 0.5) is 0 Å². The molecule has 4 nitrogen and oxygen atoms in total. The highest BCUT2D eigenvalue weighted by Crippen LogP contribution is 2.11. The molecule has 1 aliphatic heterocycles. The molecule has 0 aliphatic carbocycles. The smallest absolute Gasteiger partial charge is 0.0900 e. The maximum Gasteiger partial charge on any atom is 0.0900 e. The van der Waals surface area contributed by atoms with Crippen LogP contribution in [-0.2, 0) is 16.1 Å². The predicted molar refractivity (Wildman–Crippen MR) is 83.3 cm³/mol. The van der Waals surface area contributed by atoms with E-state index in [4.69, 9.17) is 9.47 Å². The fourth-order valence-corrected chi connectivity index (χ4v) is 2.78. The number of aliphatic hydroxyl groups is 1. The minimum absolute atomic E-state index is 0.231. The molecule has 1 aliphatic rings. The second kappa shape index (κ2) is 7.90. The average Bonchev–Trinajstić information content (AvgIpc) is 2.39. The van der Waals surface area contributed by atoms with Gasteiger partial charge in [0.2, 0.25) is 0 Å². The van der Waals surface area contributed by atoms with E-state index in [1.165, 1.54) is 5.56 Å². The third-order valence-electron chi connectivity index (χ3n) is 3.66. The van der Waals surface area contributed by atoms with Gasteiger partial charge >= 0.3 is 0 Å². The normalized spacial score (nSPS) is 25.0. The van der Waals surface area contributed by atoms with Crippen LogP contribution in [0.2, 0.25) is 0 Å². The second-order valence-corrected chi connectivity index (χ2v) is 6.13. The van der Waals surface area contributed by atoms with Crippen LogP contribution in [0, 0.1) is 6.92 Å². The van der Waals surface area contributed by atoms with Crippen LogP contribution >= 0.6 is 0 Å². The Morgan fingerprint density at radius 2 is 1.86 bits per heavy atom. The van der Waals surface area contributed by atoms with E-state index in [0.717, 1.165) is 18.7 Å². The van der Waals surface area contributed by atoms with E-state index in [2.05, 4.69) is 49.9 Å². The standard InChI is InChI=1S/C17H27NO3/c1-13-4-6-16(7-5-13)11-20-12-17(19)10-18-8-14(2)21-15(3)9-18/h4-7,14-15,17,19H,8-12H2,1-3H3/t14-,15+,17-/m0/s1. The number of aliphatic hydroxyl groups excluding tert-OH is 1. The molecule has 0 amide bonds. The lowest BCUT2D eigenvalue weighted by Crippen LogP contribution is -2.48. The highest BCUT2D eigenvalue weighted by Gasteiger charge is 2.23. The Bertz CT molecular complexity index is 411. The minimum Gasteiger partial charge on any atom is -0.389 e. The van der Waals surface area contributed by atoms with E-state index in [0.29, 0.717) is 19.8 Å². The van der Waals surface area contributed by atoms with Crippen LogP contribution in [0.5, 0.6) is 0 Å². The predicted octanol–water partition coefficient (Wildman–Crippen LogP) is 1.98. The number of morpholine rings is 1. The number of β-amino-alcohol motifs (C(OH)–C–C–N with tert-alkyl or cyclic N) is 1. The van der Waals surface area contributed by atoms with Gasteiger partial charge in [-0.25, -0.2) is 0 Å². The van der Waals surface area contributed by atoms with Gasteiger partial charge in [0.05, 0.1) is 31.5 Å². The molecule has 118 valence electrons. The molecule has 1 N–H and O–H groups in total. The number of rotatable bonds is 6. The molecule has 1 saturated heterocycles. The number of hydrogen-bond acceptors (Lipinski definition) is 4. The molecular formula is C17H27NO3. The highest BCUT2D eigenvalue weighted by atomic mass is 16.5. The summed E-state index contributed by atoms with van der Waals surface area (Å²) in [6.45, 7) is 9.52. The topological polar surface area (TPSA) is 41.9 Å². The minimum atomic E-state index is -0.451. The molecule has 1 fully saturated rings. The van der Waals surface area contributed by atoms with Gasteiger partial charge in [-0.15, -0.1) is 0 Å². The third kappa shape index (κ3) is 5.75. The van der Waals surface area contributed by atoms with Crippen molar-refractivity contribution in [3.05, 3.63) is 35.4 Å². The highest BCUT2D eigenvalue weighted by molar-refractivity contribution is 5.20. The lowest BCUT2D eigenvalue weighted by atomic mass is 10.2. The molecular weight excluding hydrogens is 266 g/mol. The van der Waals surface area contributed by atoms with Crippen LogP contribution in [0.1, 0.15) is 25.0 Å². The fourth-order valence-electron chi connectivity index (χ4n) is 2.78. The van der Waals surface area contributed by atoms with E-state index in [1.54, 1.807) is 0 Å². The largest absolute Gasteiger partial charge is 0.389 e. The quantitative estimate of drug-likeness (QED) is 0.871. The molecule has 0 unspecified atom stereocenters. The zero-order valence-electron chi connectivity index (χ0n) is 13.3. The van der Waals surface area contributed by atoms with Crippen LogP contribution in [0.3, 0.4) is 0 Å². The fraction of sp³-hybridized carbons (Fsp3) is 0.647. The van der Waals surface area contributed by atoms with Gasteiger partial charge in [-0.05, 0) is 26.3 Å². The van der Waals surface area contributed by atoms with Gasteiger partial charge in [0.1, 0.15) is 0 Å². The number of ether oxygens (including phenoxy) is 2. The molecule has 0 radical (unpaired) electrons. The summed E-state index contributed by atoms with van der Waals surface area (Å²) in [6.07, 6.45) is 0.0109. The summed E-state index contributed by atoms with van der Waals surface area (Å²) in [5.41, 5.74) is 2.38. The van der Waals surface area contributed by atoms with Crippen molar-refractivity contribution in [2.24, 2.45) is 0 Å². The molecule has 2 rings (SSSR count). The van der Waals surface area contributed by atoms with Crippen molar-refractivity contribution in [1.82, 2.24) is 4.90 Å². The lowest BCUT2D eigenvalue weighted by Gasteiger charge is -2.36. The van der Waals surface area contributed by atoms with Gasteiger partial charge < -0.3 is 14.6 Å². The number of nitrogens with zero attached hydrogens (tertiary/aromatic N) is 1. The summed E-state index contributed by atoms with van der Waals surface area (Å²) < 4.78 is 11.3. The first-order chi connectivity index (χ1) is 10.0. The molecule has 0 aromatic heterocycles. The maximum absolute atomic E-state index is 10.1. The molecule has 1 aromatic carbocycles. The van der Waals surface area contributed by atoms with Crippen LogP contribution in [-0.4, -0.2) is 54.6 Å².